The number of carbonyl (C=O) groups is 2. The molecular weight excluding hydrogens is 312 g/mol. The molecule has 0 bridgehead atoms. The number of hydrogen-bond acceptors (Lipinski definition) is 5. The average Bonchev–Trinajstić information content (AvgIpc) is 2.80. The van der Waals surface area contributed by atoms with Gasteiger partial charge >= 0.3 is 6.09 Å². The molecule has 1 unspecified atom stereocenters. The van der Waals surface area contributed by atoms with E-state index in [0.717, 1.165) is 11.3 Å². The van der Waals surface area contributed by atoms with Gasteiger partial charge in [-0.05, 0) is 27.7 Å². The molecule has 1 aliphatic heterocycles. The van der Waals surface area contributed by atoms with E-state index >= 15 is 0 Å². The summed E-state index contributed by atoms with van der Waals surface area (Å²) in [5.74, 6) is -0.348. The number of aryl methyl sites for hydroxylation is 1. The van der Waals surface area contributed by atoms with E-state index in [2.05, 4.69) is 10.4 Å². The Hall–Kier alpha value is -2.09. The van der Waals surface area contributed by atoms with Crippen molar-refractivity contribution in [2.45, 2.75) is 52.4 Å². The third-order valence-electron chi connectivity index (χ3n) is 3.67. The number of carbonyl (C=O) groups excluding carboxylic acids is 2. The lowest BCUT2D eigenvalue weighted by molar-refractivity contribution is 0.0221. The van der Waals surface area contributed by atoms with Crippen LogP contribution >= 0.6 is 0 Å². The smallest absolute Gasteiger partial charge is 0.410 e. The highest BCUT2D eigenvalue weighted by Gasteiger charge is 2.31. The molecule has 1 aliphatic rings. The number of aromatic nitrogens is 2. The second kappa shape index (κ2) is 6.80. The third kappa shape index (κ3) is 4.25. The lowest BCUT2D eigenvalue weighted by atomic mass is 10.0. The molecule has 2 N–H and O–H groups in total. The molecule has 1 aromatic heterocycles. The first-order valence-corrected chi connectivity index (χ1v) is 8.07. The van der Waals surface area contributed by atoms with Crippen molar-refractivity contribution in [3.63, 3.8) is 0 Å². The second-order valence-corrected chi connectivity index (χ2v) is 7.11. The molecule has 8 heteroatoms. The molecule has 0 saturated carbocycles. The Labute approximate surface area is 141 Å². The van der Waals surface area contributed by atoms with Gasteiger partial charge in [-0.1, -0.05) is 0 Å². The van der Waals surface area contributed by atoms with Crippen LogP contribution in [0.15, 0.2) is 0 Å². The Morgan fingerprint density at radius 3 is 2.67 bits per heavy atom. The molecule has 0 aliphatic carbocycles. The second-order valence-electron chi connectivity index (χ2n) is 7.11. The SMILES string of the molecule is CC(O)CNC(=O)c1nn(C)c2c1CN(C(=O)OC(C)(C)C)CC2. The summed E-state index contributed by atoms with van der Waals surface area (Å²) in [6.07, 6.45) is -0.416. The molecule has 8 nitrogen and oxygen atoms in total. The number of aliphatic hydroxyl groups excluding tert-OH is 1. The number of fused-ring (bicyclic) bond motifs is 1. The highest BCUT2D eigenvalue weighted by Crippen LogP contribution is 2.23. The summed E-state index contributed by atoms with van der Waals surface area (Å²) in [6.45, 7) is 8.02. The van der Waals surface area contributed by atoms with Crippen LogP contribution in [0, 0.1) is 0 Å². The fourth-order valence-electron chi connectivity index (χ4n) is 2.58. The molecule has 2 amide bonds. The number of hydrogen-bond donors (Lipinski definition) is 2. The van der Waals surface area contributed by atoms with Crippen LogP contribution in [0.25, 0.3) is 0 Å². The van der Waals surface area contributed by atoms with E-state index in [4.69, 9.17) is 4.74 Å². The summed E-state index contributed by atoms with van der Waals surface area (Å²) < 4.78 is 7.08. The van der Waals surface area contributed by atoms with Gasteiger partial charge < -0.3 is 20.1 Å². The lowest BCUT2D eigenvalue weighted by Gasteiger charge is -2.30. The molecule has 0 spiro atoms. The van der Waals surface area contributed by atoms with E-state index in [-0.39, 0.29) is 19.0 Å². The predicted octanol–water partition coefficient (Wildman–Crippen LogP) is 0.824. The van der Waals surface area contributed by atoms with E-state index < -0.39 is 17.8 Å². The molecular formula is C16H26N4O4. The van der Waals surface area contributed by atoms with Gasteiger partial charge in [0.2, 0.25) is 0 Å². The summed E-state index contributed by atoms with van der Waals surface area (Å²) in [5.41, 5.74) is 1.40. The molecule has 1 aromatic rings. The highest BCUT2D eigenvalue weighted by atomic mass is 16.6. The maximum atomic E-state index is 12.3. The highest BCUT2D eigenvalue weighted by molar-refractivity contribution is 5.94. The topological polar surface area (TPSA) is 96.7 Å². The molecule has 2 rings (SSSR count). The predicted molar refractivity (Wildman–Crippen MR) is 87.6 cm³/mol. The summed E-state index contributed by atoms with van der Waals surface area (Å²) >= 11 is 0. The largest absolute Gasteiger partial charge is 0.444 e. The molecule has 1 atom stereocenters. The molecule has 2 heterocycles. The van der Waals surface area contributed by atoms with E-state index in [9.17, 15) is 14.7 Å². The normalized spacial score (nSPS) is 15.7. The fraction of sp³-hybridized carbons (Fsp3) is 0.688. The van der Waals surface area contributed by atoms with Crippen LogP contribution in [0.4, 0.5) is 4.79 Å². The summed E-state index contributed by atoms with van der Waals surface area (Å²) in [5, 5.41) is 16.2. The van der Waals surface area contributed by atoms with Crippen LogP contribution in [0.3, 0.4) is 0 Å². The maximum absolute atomic E-state index is 12.3. The van der Waals surface area contributed by atoms with Crippen LogP contribution in [-0.4, -0.2) is 56.6 Å². The van der Waals surface area contributed by atoms with Gasteiger partial charge in [-0.25, -0.2) is 4.79 Å². The van der Waals surface area contributed by atoms with E-state index in [0.29, 0.717) is 18.7 Å². The van der Waals surface area contributed by atoms with Crippen LogP contribution < -0.4 is 5.32 Å². The molecule has 24 heavy (non-hydrogen) atoms. The van der Waals surface area contributed by atoms with Gasteiger partial charge in [0.25, 0.3) is 5.91 Å². The first-order chi connectivity index (χ1) is 11.1. The number of aliphatic hydroxyl groups is 1. The minimum Gasteiger partial charge on any atom is -0.444 e. The molecule has 0 radical (unpaired) electrons. The lowest BCUT2D eigenvalue weighted by Crippen LogP contribution is -2.40. The van der Waals surface area contributed by atoms with E-state index in [1.165, 1.54) is 0 Å². The van der Waals surface area contributed by atoms with Crippen molar-refractivity contribution in [1.82, 2.24) is 20.0 Å². The van der Waals surface area contributed by atoms with Gasteiger partial charge in [0.05, 0.1) is 12.6 Å². The van der Waals surface area contributed by atoms with Gasteiger partial charge in [-0.15, -0.1) is 0 Å². The van der Waals surface area contributed by atoms with Crippen molar-refractivity contribution in [1.29, 1.82) is 0 Å². The van der Waals surface area contributed by atoms with E-state index in [1.54, 1.807) is 23.6 Å². The number of amides is 2. The van der Waals surface area contributed by atoms with Crippen molar-refractivity contribution in [2.75, 3.05) is 13.1 Å². The zero-order valence-corrected chi connectivity index (χ0v) is 14.9. The Morgan fingerprint density at radius 2 is 2.08 bits per heavy atom. The summed E-state index contributed by atoms with van der Waals surface area (Å²) in [6, 6.07) is 0. The number of nitrogens with one attached hydrogen (secondary N) is 1. The Kier molecular flexibility index (Phi) is 5.17. The van der Waals surface area contributed by atoms with Crippen LogP contribution in [0.2, 0.25) is 0 Å². The molecule has 0 fully saturated rings. The maximum Gasteiger partial charge on any atom is 0.410 e. The van der Waals surface area contributed by atoms with Gasteiger partial charge in [-0.3, -0.25) is 9.48 Å². The first-order valence-electron chi connectivity index (χ1n) is 8.07. The minimum atomic E-state index is -0.633. The Morgan fingerprint density at radius 1 is 1.42 bits per heavy atom. The van der Waals surface area contributed by atoms with Gasteiger partial charge in [0, 0.05) is 37.8 Å². The van der Waals surface area contributed by atoms with Crippen LogP contribution in [-0.2, 0) is 24.8 Å². The zero-order chi connectivity index (χ0) is 18.1. The molecule has 0 saturated heterocycles. The third-order valence-corrected chi connectivity index (χ3v) is 3.67. The van der Waals surface area contributed by atoms with Crippen molar-refractivity contribution in [2.24, 2.45) is 7.05 Å². The fourth-order valence-corrected chi connectivity index (χ4v) is 2.58. The van der Waals surface area contributed by atoms with Crippen molar-refractivity contribution in [3.05, 3.63) is 17.0 Å². The van der Waals surface area contributed by atoms with Crippen molar-refractivity contribution < 1.29 is 19.4 Å². The monoisotopic (exact) mass is 338 g/mol. The summed E-state index contributed by atoms with van der Waals surface area (Å²) in [4.78, 5) is 26.2. The number of ether oxygens (including phenoxy) is 1. The van der Waals surface area contributed by atoms with Gasteiger partial charge in [0.1, 0.15) is 5.60 Å². The minimum absolute atomic E-state index is 0.153. The quantitative estimate of drug-likeness (QED) is 0.851. The van der Waals surface area contributed by atoms with Crippen molar-refractivity contribution in [3.8, 4) is 0 Å². The number of nitrogens with zero attached hydrogens (tertiary/aromatic N) is 3. The van der Waals surface area contributed by atoms with E-state index in [1.807, 2.05) is 20.8 Å². The zero-order valence-electron chi connectivity index (χ0n) is 14.9. The van der Waals surface area contributed by atoms with Crippen LogP contribution in [0.5, 0.6) is 0 Å². The summed E-state index contributed by atoms with van der Waals surface area (Å²) in [7, 11) is 1.79. The average molecular weight is 338 g/mol. The molecule has 0 aromatic carbocycles. The van der Waals surface area contributed by atoms with Crippen molar-refractivity contribution >= 4 is 12.0 Å². The van der Waals surface area contributed by atoms with Gasteiger partial charge in [-0.2, -0.15) is 5.10 Å². The standard InChI is InChI=1S/C16H26N4O4/c1-10(21)8-17-14(22)13-11-9-20(15(23)24-16(2,3)4)7-6-12(11)19(5)18-13/h10,21H,6-9H2,1-5H3,(H,17,22). The van der Waals surface area contributed by atoms with Crippen LogP contribution in [0.1, 0.15) is 49.4 Å². The van der Waals surface area contributed by atoms with Gasteiger partial charge in [0.15, 0.2) is 5.69 Å². The first kappa shape index (κ1) is 18.3. The Bertz CT molecular complexity index is 631. The Balaban J connectivity index is 2.17. The molecule has 134 valence electrons. The number of rotatable bonds is 3.